The van der Waals surface area contributed by atoms with Gasteiger partial charge in [-0.3, -0.25) is 0 Å². The van der Waals surface area contributed by atoms with Crippen molar-refractivity contribution in [1.29, 1.82) is 0 Å². The molecule has 0 fully saturated rings. The van der Waals surface area contributed by atoms with Crippen LogP contribution < -0.4 is 9.80 Å². The average Bonchev–Trinajstić information content (AvgIpc) is 1.56. The third-order valence-corrected chi connectivity index (χ3v) is 30.6. The lowest BCUT2D eigenvalue weighted by molar-refractivity contribution is 0.398. The first-order chi connectivity index (χ1) is 70.8. The molecule has 0 unspecified atom stereocenters. The fourth-order valence-electron chi connectivity index (χ4n) is 23.3. The first-order valence-corrected chi connectivity index (χ1v) is 51.5. The smallest absolute Gasteiger partial charge is 0.143 e. The van der Waals surface area contributed by atoms with Gasteiger partial charge in [0.25, 0.3) is 0 Å². The summed E-state index contributed by atoms with van der Waals surface area (Å²) in [7, 11) is 0. The Hall–Kier alpha value is -16.8. The minimum Gasteiger partial charge on any atom is -0.455 e. The molecule has 1 aliphatic rings. The molecule has 0 aliphatic heterocycles. The number of aromatic nitrogens is 2. The predicted molar refractivity (Wildman–Crippen MR) is 605 cm³/mol. The van der Waals surface area contributed by atoms with Crippen LogP contribution in [0.4, 0.5) is 34.1 Å². The molecule has 25 rings (SSSR count). The van der Waals surface area contributed by atoms with Gasteiger partial charge in [0.05, 0.1) is 22.1 Å². The number of hydrogen-bond acceptors (Lipinski definition) is 4. The van der Waals surface area contributed by atoms with Gasteiger partial charge in [-0.05, 0) is 259 Å². The fourth-order valence-corrected chi connectivity index (χ4v) is 23.3. The van der Waals surface area contributed by atoms with Crippen LogP contribution in [-0.4, -0.2) is 9.13 Å². The van der Waals surface area contributed by atoms with Crippen LogP contribution in [0.3, 0.4) is 0 Å². The molecule has 6 nitrogen and oxygen atoms in total. The normalized spacial score (nSPS) is 12.3. The molecule has 0 saturated carbocycles. The monoisotopic (exact) mass is 1840 g/mol. The number of nitrogens with zero attached hydrogens (tertiary/aromatic N) is 4. The van der Waals surface area contributed by atoms with Crippen LogP contribution in [0, 0.1) is 0 Å². The number of fused-ring (bicyclic) bond motifs is 15. The molecule has 0 spiro atoms. The summed E-state index contributed by atoms with van der Waals surface area (Å²) in [5, 5.41) is 9.54. The van der Waals surface area contributed by atoms with Crippen molar-refractivity contribution >= 4 is 122 Å². The van der Waals surface area contributed by atoms with Crippen LogP contribution in [-0.2, 0) is 5.41 Å². The molecule has 1 aliphatic carbocycles. The molecular formula is C137H110N4O2. The lowest BCUT2D eigenvalue weighted by atomic mass is 9.70. The van der Waals surface area contributed by atoms with Gasteiger partial charge in [0.2, 0.25) is 0 Å². The molecule has 20 aromatic carbocycles. The lowest BCUT2D eigenvalue weighted by Gasteiger charge is -2.33. The molecule has 143 heavy (non-hydrogen) atoms. The molecule has 4 heterocycles. The Morgan fingerprint density at radius 1 is 0.196 bits per heavy atom. The highest BCUT2D eigenvalue weighted by molar-refractivity contribution is 6.13. The van der Waals surface area contributed by atoms with Crippen LogP contribution >= 0.6 is 0 Å². The first kappa shape index (κ1) is 87.7. The molecule has 0 radical (unpaired) electrons. The van der Waals surface area contributed by atoms with Gasteiger partial charge in [-0.1, -0.05) is 406 Å². The Bertz CT molecular complexity index is 8160. The summed E-state index contributed by atoms with van der Waals surface area (Å²) in [5.41, 5.74) is 41.5. The summed E-state index contributed by atoms with van der Waals surface area (Å²) in [5.74, 6) is 0. The van der Waals surface area contributed by atoms with Crippen LogP contribution in [0.25, 0.3) is 199 Å². The molecular weight excluding hydrogens is 1730 g/mol. The van der Waals surface area contributed by atoms with E-state index in [1.54, 1.807) is 0 Å². The van der Waals surface area contributed by atoms with E-state index in [-0.39, 0.29) is 5.41 Å². The number of anilines is 6. The molecule has 6 heteroatoms. The number of furan rings is 2. The fraction of sp³-hybridized carbons (Fsp3) is 0.124. The van der Waals surface area contributed by atoms with Crippen LogP contribution in [0.5, 0.6) is 0 Å². The van der Waals surface area contributed by atoms with E-state index in [2.05, 4.69) is 482 Å². The van der Waals surface area contributed by atoms with E-state index in [1.807, 2.05) is 12.1 Å². The van der Waals surface area contributed by atoms with E-state index in [0.29, 0.717) is 0 Å². The number of hydrogen-bond donors (Lipinski definition) is 0. The van der Waals surface area contributed by atoms with Gasteiger partial charge < -0.3 is 27.8 Å². The van der Waals surface area contributed by atoms with Crippen molar-refractivity contribution in [2.45, 2.75) is 109 Å². The summed E-state index contributed by atoms with van der Waals surface area (Å²) in [4.78, 5) is 4.76. The Morgan fingerprint density at radius 3 is 0.741 bits per heavy atom. The minimum atomic E-state index is -0.135. The Balaban J connectivity index is 0.502. The number of benzene rings is 20. The van der Waals surface area contributed by atoms with E-state index in [1.165, 1.54) is 187 Å². The van der Waals surface area contributed by atoms with Gasteiger partial charge in [0.1, 0.15) is 22.3 Å². The van der Waals surface area contributed by atoms with Gasteiger partial charge in [0, 0.05) is 105 Å². The van der Waals surface area contributed by atoms with E-state index in [9.17, 15) is 0 Å². The van der Waals surface area contributed by atoms with Crippen molar-refractivity contribution in [3.8, 4) is 112 Å². The predicted octanol–water partition coefficient (Wildman–Crippen LogP) is 39.7. The summed E-state index contributed by atoms with van der Waals surface area (Å²) >= 11 is 0. The first-order valence-electron chi connectivity index (χ1n) is 51.5. The highest BCUT2D eigenvalue weighted by atomic mass is 16.3. The molecule has 4 aromatic heterocycles. The highest BCUT2D eigenvalue weighted by Crippen LogP contribution is 2.57. The zero-order valence-electron chi connectivity index (χ0n) is 80.9. The second kappa shape index (κ2) is 38.1. The number of rotatable bonds is 30. The average molecular weight is 1840 g/mol. The van der Waals surface area contributed by atoms with Crippen molar-refractivity contribution in [3.63, 3.8) is 0 Å². The molecule has 0 atom stereocenters. The Kier molecular flexibility index (Phi) is 23.4. The van der Waals surface area contributed by atoms with E-state index in [4.69, 9.17) is 8.83 Å². The van der Waals surface area contributed by atoms with Crippen LogP contribution in [0.15, 0.2) is 470 Å². The summed E-state index contributed by atoms with van der Waals surface area (Å²) in [6.07, 6.45) is 17.4. The van der Waals surface area contributed by atoms with Gasteiger partial charge in [0.15, 0.2) is 0 Å². The highest BCUT2D eigenvalue weighted by Gasteiger charge is 2.43. The summed E-state index contributed by atoms with van der Waals surface area (Å²) in [6.45, 7) is 4.66. The van der Waals surface area contributed by atoms with Crippen molar-refractivity contribution in [1.82, 2.24) is 9.13 Å². The summed E-state index contributed by atoms with van der Waals surface area (Å²) < 4.78 is 17.9. The van der Waals surface area contributed by atoms with Crippen LogP contribution in [0.1, 0.15) is 115 Å². The lowest BCUT2D eigenvalue weighted by Crippen LogP contribution is -2.25. The topological polar surface area (TPSA) is 42.6 Å². The van der Waals surface area contributed by atoms with Gasteiger partial charge in [-0.2, -0.15) is 0 Å². The zero-order chi connectivity index (χ0) is 95.3. The minimum absolute atomic E-state index is 0.135. The standard InChI is InChI=1S/C137H110N4O2/c1-3-5-7-9-11-25-89-137(90-26-12-10-8-6-4-2)127-91-105(101-49-45-93(46-50-101)95-53-71-107(72-54-95)138(111-83-65-103(66-84-111)115-35-27-37-125-123-33-17-23-43-133(123)142-135(115)125)109-75-57-97(58-76-109)99-61-79-113(80-62-99)140-129-39-19-13-29-119(129)120-30-14-20-40-130(120)140)69-87-117(127)118-88-70-106(92-128(118)137)102-51-47-94(48-52-102)96-55-73-108(74-56-96)139(112-85-67-104(68-86-112)116-36-28-38-126-124-34-18-24-44-134(124)143-136(116)126)110-77-59-98(60-78-110)100-63-81-114(82-64-100)141-131-41-21-15-31-121(131)122-32-16-22-42-132(122)141/h13-24,27-88,91-92H,3-12,25-26,89-90H2,1-2H3. The van der Waals surface area contributed by atoms with E-state index >= 15 is 0 Å². The van der Waals surface area contributed by atoms with E-state index < -0.39 is 0 Å². The molecule has 24 aromatic rings. The number of para-hydroxylation sites is 8. The third kappa shape index (κ3) is 16.3. The maximum Gasteiger partial charge on any atom is 0.143 e. The SMILES string of the molecule is CCCCCCCCC1(CCCCCCCC)c2cc(-c3ccc(-c4ccc(N(c5ccc(-c6ccc(-n7c8ccccc8c8ccccc87)cc6)cc5)c5ccc(-c6cccc7c6oc6ccccc67)cc5)cc4)cc3)ccc2-c2ccc(-c3ccc(-c4ccc(N(c5ccc(-c6ccc(-n7c8ccccc8c8ccccc87)cc6)cc5)c5ccc(-c6cccc7c6oc6ccccc67)cc5)cc4)cc3)cc21. The van der Waals surface area contributed by atoms with Gasteiger partial charge in [-0.15, -0.1) is 0 Å². The van der Waals surface area contributed by atoms with Crippen molar-refractivity contribution in [2.24, 2.45) is 0 Å². The number of unbranched alkanes of at least 4 members (excludes halogenated alkanes) is 10. The molecule has 0 amide bonds. The Labute approximate surface area is 836 Å². The molecule has 0 N–H and O–H groups in total. The maximum atomic E-state index is 6.58. The summed E-state index contributed by atoms with van der Waals surface area (Å²) in [6, 6.07) is 171. The third-order valence-electron chi connectivity index (χ3n) is 30.6. The van der Waals surface area contributed by atoms with Gasteiger partial charge in [-0.25, -0.2) is 0 Å². The molecule has 0 bridgehead atoms. The largest absolute Gasteiger partial charge is 0.455 e. The van der Waals surface area contributed by atoms with Crippen LogP contribution in [0.2, 0.25) is 0 Å². The van der Waals surface area contributed by atoms with E-state index in [0.717, 1.165) is 147 Å². The molecule has 690 valence electrons. The second-order valence-corrected chi connectivity index (χ2v) is 39.1. The Morgan fingerprint density at radius 2 is 0.434 bits per heavy atom. The van der Waals surface area contributed by atoms with Crippen molar-refractivity contribution in [2.75, 3.05) is 9.80 Å². The zero-order valence-corrected chi connectivity index (χ0v) is 80.9. The maximum absolute atomic E-state index is 6.58. The quantitative estimate of drug-likeness (QED) is 0.0421. The van der Waals surface area contributed by atoms with Crippen molar-refractivity contribution < 1.29 is 8.83 Å². The molecule has 0 saturated heterocycles. The van der Waals surface area contributed by atoms with Gasteiger partial charge >= 0.3 is 0 Å². The van der Waals surface area contributed by atoms with Crippen molar-refractivity contribution in [3.05, 3.63) is 472 Å². The second-order valence-electron chi connectivity index (χ2n) is 39.1.